The quantitative estimate of drug-likeness (QED) is 0.912. The topological polar surface area (TPSA) is 77.5 Å². The van der Waals surface area contributed by atoms with Crippen molar-refractivity contribution >= 4 is 21.4 Å². The summed E-state index contributed by atoms with van der Waals surface area (Å²) in [5.41, 5.74) is 0. The van der Waals surface area contributed by atoms with Gasteiger partial charge in [-0.2, -0.15) is 0 Å². The first-order valence-electron chi connectivity index (χ1n) is 6.72. The Labute approximate surface area is 122 Å². The third kappa shape index (κ3) is 2.89. The average molecular weight is 318 g/mol. The standard InChI is InChI=1S/C12H18N2O4S2/c1-9-13-8-11(19-9)20(15,16)14-10-2-4-12(5-3-10)17-6-7-18-12/h8,10,14H,2-7H2,1H3. The van der Waals surface area contributed by atoms with Crippen LogP contribution in [-0.2, 0) is 19.5 Å². The van der Waals surface area contributed by atoms with E-state index in [0.29, 0.717) is 13.2 Å². The molecule has 1 aromatic heterocycles. The molecule has 3 rings (SSSR count). The summed E-state index contributed by atoms with van der Waals surface area (Å²) in [5.74, 6) is -0.455. The molecule has 0 radical (unpaired) electrons. The Morgan fingerprint density at radius 1 is 1.35 bits per heavy atom. The van der Waals surface area contributed by atoms with Crippen molar-refractivity contribution in [2.75, 3.05) is 13.2 Å². The van der Waals surface area contributed by atoms with Crippen molar-refractivity contribution in [3.05, 3.63) is 11.2 Å². The van der Waals surface area contributed by atoms with Gasteiger partial charge in [0, 0.05) is 18.9 Å². The van der Waals surface area contributed by atoms with E-state index < -0.39 is 15.8 Å². The van der Waals surface area contributed by atoms with Gasteiger partial charge in [-0.3, -0.25) is 0 Å². The summed E-state index contributed by atoms with van der Waals surface area (Å²) in [7, 11) is -3.45. The molecule has 1 aromatic rings. The zero-order chi connectivity index (χ0) is 14.2. The second-order valence-corrected chi connectivity index (χ2v) is 8.38. The third-order valence-corrected chi connectivity index (χ3v) is 6.64. The number of hydrogen-bond donors (Lipinski definition) is 1. The Morgan fingerprint density at radius 3 is 2.55 bits per heavy atom. The molecule has 0 aromatic carbocycles. The lowest BCUT2D eigenvalue weighted by molar-refractivity contribution is -0.178. The van der Waals surface area contributed by atoms with E-state index in [1.807, 2.05) is 0 Å². The molecule has 1 aliphatic carbocycles. The highest BCUT2D eigenvalue weighted by Crippen LogP contribution is 2.36. The van der Waals surface area contributed by atoms with Crippen molar-refractivity contribution in [3.8, 4) is 0 Å². The second-order valence-electron chi connectivity index (χ2n) is 5.20. The first-order chi connectivity index (χ1) is 9.49. The molecular formula is C12H18N2O4S2. The zero-order valence-corrected chi connectivity index (χ0v) is 12.9. The lowest BCUT2D eigenvalue weighted by atomic mass is 9.91. The van der Waals surface area contributed by atoms with E-state index in [0.717, 1.165) is 30.7 Å². The molecule has 1 saturated heterocycles. The van der Waals surface area contributed by atoms with Crippen molar-refractivity contribution in [3.63, 3.8) is 0 Å². The van der Waals surface area contributed by atoms with Crippen LogP contribution in [0, 0.1) is 6.92 Å². The highest BCUT2D eigenvalue weighted by molar-refractivity contribution is 7.91. The molecule has 2 fully saturated rings. The zero-order valence-electron chi connectivity index (χ0n) is 11.3. The van der Waals surface area contributed by atoms with Crippen LogP contribution in [0.4, 0.5) is 0 Å². The van der Waals surface area contributed by atoms with Gasteiger partial charge in [0.1, 0.15) is 0 Å². The van der Waals surface area contributed by atoms with Crippen LogP contribution in [0.25, 0.3) is 0 Å². The smallest absolute Gasteiger partial charge is 0.251 e. The fraction of sp³-hybridized carbons (Fsp3) is 0.750. The van der Waals surface area contributed by atoms with E-state index in [4.69, 9.17) is 9.47 Å². The van der Waals surface area contributed by atoms with Crippen molar-refractivity contribution in [1.82, 2.24) is 9.71 Å². The van der Waals surface area contributed by atoms with Gasteiger partial charge in [-0.15, -0.1) is 11.3 Å². The van der Waals surface area contributed by atoms with Crippen LogP contribution in [-0.4, -0.2) is 38.4 Å². The number of nitrogens with zero attached hydrogens (tertiary/aromatic N) is 1. The summed E-state index contributed by atoms with van der Waals surface area (Å²) in [6.07, 6.45) is 4.35. The van der Waals surface area contributed by atoms with E-state index in [1.165, 1.54) is 17.5 Å². The van der Waals surface area contributed by atoms with Gasteiger partial charge < -0.3 is 9.47 Å². The third-order valence-electron chi connectivity index (χ3n) is 3.75. The maximum atomic E-state index is 12.2. The molecule has 1 spiro atoms. The first kappa shape index (κ1) is 14.4. The van der Waals surface area contributed by atoms with Crippen LogP contribution >= 0.6 is 11.3 Å². The van der Waals surface area contributed by atoms with Crippen molar-refractivity contribution in [1.29, 1.82) is 0 Å². The van der Waals surface area contributed by atoms with Gasteiger partial charge >= 0.3 is 0 Å². The molecule has 6 nitrogen and oxygen atoms in total. The maximum Gasteiger partial charge on any atom is 0.251 e. The average Bonchev–Trinajstić information content (AvgIpc) is 3.03. The van der Waals surface area contributed by atoms with Crippen LogP contribution in [0.2, 0.25) is 0 Å². The molecule has 1 aliphatic heterocycles. The molecule has 8 heteroatoms. The second kappa shape index (κ2) is 5.34. The monoisotopic (exact) mass is 318 g/mol. The number of hydrogen-bond acceptors (Lipinski definition) is 6. The van der Waals surface area contributed by atoms with E-state index in [1.54, 1.807) is 6.92 Å². The maximum absolute atomic E-state index is 12.2. The number of ether oxygens (including phenoxy) is 2. The molecule has 1 N–H and O–H groups in total. The van der Waals surface area contributed by atoms with E-state index in [-0.39, 0.29) is 10.3 Å². The van der Waals surface area contributed by atoms with Crippen LogP contribution in [0.1, 0.15) is 30.7 Å². The van der Waals surface area contributed by atoms with Gasteiger partial charge in [-0.25, -0.2) is 18.1 Å². The molecule has 112 valence electrons. The summed E-state index contributed by atoms with van der Waals surface area (Å²) < 4.78 is 38.8. The Kier molecular flexibility index (Phi) is 3.85. The number of aryl methyl sites for hydroxylation is 1. The molecule has 2 heterocycles. The largest absolute Gasteiger partial charge is 0.348 e. The molecule has 0 amide bonds. The van der Waals surface area contributed by atoms with Crippen LogP contribution in [0.3, 0.4) is 0 Å². The van der Waals surface area contributed by atoms with Crippen molar-refractivity contribution in [2.45, 2.75) is 48.6 Å². The minimum Gasteiger partial charge on any atom is -0.348 e. The fourth-order valence-electron chi connectivity index (χ4n) is 2.70. The van der Waals surface area contributed by atoms with Crippen molar-refractivity contribution < 1.29 is 17.9 Å². The minimum absolute atomic E-state index is 0.0548. The number of nitrogens with one attached hydrogen (secondary N) is 1. The lowest BCUT2D eigenvalue weighted by Crippen LogP contribution is -2.43. The van der Waals surface area contributed by atoms with Crippen LogP contribution < -0.4 is 4.72 Å². The summed E-state index contributed by atoms with van der Waals surface area (Å²) in [4.78, 5) is 3.99. The normalized spacial score (nSPS) is 23.4. The number of sulfonamides is 1. The Hall–Kier alpha value is -0.540. The van der Waals surface area contributed by atoms with Crippen molar-refractivity contribution in [2.24, 2.45) is 0 Å². The molecule has 1 saturated carbocycles. The van der Waals surface area contributed by atoms with Gasteiger partial charge in [0.05, 0.1) is 24.4 Å². The highest BCUT2D eigenvalue weighted by atomic mass is 32.2. The SMILES string of the molecule is Cc1ncc(S(=O)(=O)NC2CCC3(CC2)OCCO3)s1. The minimum atomic E-state index is -3.45. The number of thiazole rings is 1. The number of aromatic nitrogens is 1. The molecule has 0 bridgehead atoms. The molecule has 20 heavy (non-hydrogen) atoms. The molecular weight excluding hydrogens is 300 g/mol. The first-order valence-corrected chi connectivity index (χ1v) is 9.02. The van der Waals surface area contributed by atoms with E-state index in [2.05, 4.69) is 9.71 Å². The Bertz CT molecular complexity index is 568. The van der Waals surface area contributed by atoms with Gasteiger partial charge in [-0.05, 0) is 19.8 Å². The lowest BCUT2D eigenvalue weighted by Gasteiger charge is -2.35. The van der Waals surface area contributed by atoms with Crippen LogP contribution in [0.15, 0.2) is 10.4 Å². The summed E-state index contributed by atoms with van der Waals surface area (Å²) in [6, 6.07) is -0.0548. The van der Waals surface area contributed by atoms with E-state index in [9.17, 15) is 8.42 Å². The van der Waals surface area contributed by atoms with Gasteiger partial charge in [0.2, 0.25) is 0 Å². The number of rotatable bonds is 3. The van der Waals surface area contributed by atoms with Gasteiger partial charge in [-0.1, -0.05) is 0 Å². The molecule has 2 aliphatic rings. The van der Waals surface area contributed by atoms with Crippen LogP contribution in [0.5, 0.6) is 0 Å². The fourth-order valence-corrected chi connectivity index (χ4v) is 5.13. The van der Waals surface area contributed by atoms with E-state index >= 15 is 0 Å². The summed E-state index contributed by atoms with van der Waals surface area (Å²) in [5, 5.41) is 0.751. The highest BCUT2D eigenvalue weighted by Gasteiger charge is 2.41. The Morgan fingerprint density at radius 2 is 2.00 bits per heavy atom. The predicted octanol–water partition coefficient (Wildman–Crippen LogP) is 1.42. The Balaban J connectivity index is 1.62. The summed E-state index contributed by atoms with van der Waals surface area (Å²) >= 11 is 1.19. The van der Waals surface area contributed by atoms with Gasteiger partial charge in [0.25, 0.3) is 10.0 Å². The predicted molar refractivity (Wildman–Crippen MR) is 74.1 cm³/mol. The molecule has 0 atom stereocenters. The molecule has 0 unspecified atom stereocenters. The van der Waals surface area contributed by atoms with Gasteiger partial charge in [0.15, 0.2) is 10.00 Å². The summed E-state index contributed by atoms with van der Waals surface area (Å²) in [6.45, 7) is 3.07.